The van der Waals surface area contributed by atoms with E-state index in [1.165, 1.54) is 11.3 Å². The minimum atomic E-state index is -0.298. The van der Waals surface area contributed by atoms with Crippen LogP contribution in [0.1, 0.15) is 25.8 Å². The standard InChI is InChI=1S/C23H29N3O3/c1-17(2)29-21-9-7-19(8-10-21)24-22(27)16-23(28)26-13-11-25(12-14-26)20-6-4-5-18(3)15-20/h4-10,15,17H,11-14,16H2,1-3H3,(H,24,27). The van der Waals surface area contributed by atoms with Crippen LogP contribution in [0.5, 0.6) is 5.75 Å². The van der Waals surface area contributed by atoms with E-state index in [1.54, 1.807) is 17.0 Å². The highest BCUT2D eigenvalue weighted by Crippen LogP contribution is 2.19. The third kappa shape index (κ3) is 5.98. The number of amides is 2. The third-order valence-corrected chi connectivity index (χ3v) is 4.82. The molecule has 1 N–H and O–H groups in total. The number of piperazine rings is 1. The predicted octanol–water partition coefficient (Wildman–Crippen LogP) is 3.46. The maximum Gasteiger partial charge on any atom is 0.233 e. The molecule has 1 saturated heterocycles. The summed E-state index contributed by atoms with van der Waals surface area (Å²) in [6, 6.07) is 15.5. The molecule has 154 valence electrons. The molecule has 1 fully saturated rings. The van der Waals surface area contributed by atoms with E-state index in [9.17, 15) is 9.59 Å². The molecule has 0 spiro atoms. The summed E-state index contributed by atoms with van der Waals surface area (Å²) in [5.74, 6) is 0.320. The van der Waals surface area contributed by atoms with Gasteiger partial charge in [-0.1, -0.05) is 12.1 Å². The molecule has 0 bridgehead atoms. The Balaban J connectivity index is 1.46. The molecule has 1 heterocycles. The first-order valence-electron chi connectivity index (χ1n) is 10.1. The van der Waals surface area contributed by atoms with Crippen molar-refractivity contribution in [3.63, 3.8) is 0 Å². The van der Waals surface area contributed by atoms with Crippen LogP contribution in [0.3, 0.4) is 0 Å². The fraction of sp³-hybridized carbons (Fsp3) is 0.391. The maximum atomic E-state index is 12.5. The lowest BCUT2D eigenvalue weighted by Gasteiger charge is -2.36. The van der Waals surface area contributed by atoms with E-state index in [1.807, 2.05) is 32.0 Å². The van der Waals surface area contributed by atoms with Gasteiger partial charge in [-0.05, 0) is 62.7 Å². The Labute approximate surface area is 172 Å². The molecular weight excluding hydrogens is 366 g/mol. The lowest BCUT2D eigenvalue weighted by Crippen LogP contribution is -2.49. The van der Waals surface area contributed by atoms with E-state index in [4.69, 9.17) is 4.74 Å². The molecule has 29 heavy (non-hydrogen) atoms. The second-order valence-corrected chi connectivity index (χ2v) is 7.62. The summed E-state index contributed by atoms with van der Waals surface area (Å²) in [4.78, 5) is 28.8. The Morgan fingerprint density at radius 1 is 1.03 bits per heavy atom. The van der Waals surface area contributed by atoms with Crippen LogP contribution in [0.25, 0.3) is 0 Å². The summed E-state index contributed by atoms with van der Waals surface area (Å²) in [6.45, 7) is 8.79. The van der Waals surface area contributed by atoms with Crippen LogP contribution in [0.4, 0.5) is 11.4 Å². The summed E-state index contributed by atoms with van der Waals surface area (Å²) in [6.07, 6.45) is -0.0474. The summed E-state index contributed by atoms with van der Waals surface area (Å²) < 4.78 is 5.59. The average molecular weight is 396 g/mol. The Morgan fingerprint density at radius 3 is 2.34 bits per heavy atom. The fourth-order valence-corrected chi connectivity index (χ4v) is 3.38. The molecule has 0 atom stereocenters. The van der Waals surface area contributed by atoms with Gasteiger partial charge in [0.25, 0.3) is 0 Å². The third-order valence-electron chi connectivity index (χ3n) is 4.82. The van der Waals surface area contributed by atoms with Crippen LogP contribution in [-0.4, -0.2) is 49.0 Å². The van der Waals surface area contributed by atoms with E-state index in [0.717, 1.165) is 18.8 Å². The van der Waals surface area contributed by atoms with Crippen molar-refractivity contribution in [2.45, 2.75) is 33.3 Å². The average Bonchev–Trinajstić information content (AvgIpc) is 2.69. The smallest absolute Gasteiger partial charge is 0.233 e. The number of hydrogen-bond donors (Lipinski definition) is 1. The number of carbonyl (C=O) groups excluding carboxylic acids is 2. The first-order valence-corrected chi connectivity index (χ1v) is 10.1. The topological polar surface area (TPSA) is 61.9 Å². The number of aryl methyl sites for hydroxylation is 1. The van der Waals surface area contributed by atoms with Crippen molar-refractivity contribution in [1.29, 1.82) is 0 Å². The molecule has 0 aromatic heterocycles. The van der Waals surface area contributed by atoms with Gasteiger partial charge in [0.1, 0.15) is 12.2 Å². The molecule has 0 saturated carbocycles. The lowest BCUT2D eigenvalue weighted by atomic mass is 10.2. The van der Waals surface area contributed by atoms with Crippen LogP contribution >= 0.6 is 0 Å². The van der Waals surface area contributed by atoms with Gasteiger partial charge in [-0.25, -0.2) is 0 Å². The summed E-state index contributed by atoms with van der Waals surface area (Å²) >= 11 is 0. The molecule has 1 aliphatic heterocycles. The van der Waals surface area contributed by atoms with Gasteiger partial charge >= 0.3 is 0 Å². The molecule has 6 heteroatoms. The Kier molecular flexibility index (Phi) is 6.75. The van der Waals surface area contributed by atoms with Crippen LogP contribution < -0.4 is 15.0 Å². The van der Waals surface area contributed by atoms with Gasteiger partial charge in [-0.2, -0.15) is 0 Å². The number of carbonyl (C=O) groups is 2. The molecule has 1 aliphatic rings. The molecule has 2 aromatic carbocycles. The zero-order valence-corrected chi connectivity index (χ0v) is 17.4. The SMILES string of the molecule is Cc1cccc(N2CCN(C(=O)CC(=O)Nc3ccc(OC(C)C)cc3)CC2)c1. The van der Waals surface area contributed by atoms with Gasteiger partial charge in [0, 0.05) is 37.6 Å². The molecule has 2 aromatic rings. The monoisotopic (exact) mass is 395 g/mol. The van der Waals surface area contributed by atoms with Crippen molar-refractivity contribution in [3.05, 3.63) is 54.1 Å². The first kappa shape index (κ1) is 20.7. The second kappa shape index (κ2) is 9.45. The number of anilines is 2. The highest BCUT2D eigenvalue weighted by Gasteiger charge is 2.23. The highest BCUT2D eigenvalue weighted by molar-refractivity contribution is 6.03. The lowest BCUT2D eigenvalue weighted by molar-refractivity contribution is -0.134. The quantitative estimate of drug-likeness (QED) is 0.761. The zero-order chi connectivity index (χ0) is 20.8. The molecule has 0 aliphatic carbocycles. The highest BCUT2D eigenvalue weighted by atomic mass is 16.5. The van der Waals surface area contributed by atoms with Gasteiger partial charge in [0.15, 0.2) is 0 Å². The minimum absolute atomic E-state index is 0.0967. The van der Waals surface area contributed by atoms with E-state index in [0.29, 0.717) is 18.8 Å². The van der Waals surface area contributed by atoms with Crippen molar-refractivity contribution < 1.29 is 14.3 Å². The van der Waals surface area contributed by atoms with Crippen molar-refractivity contribution in [1.82, 2.24) is 4.90 Å². The van der Waals surface area contributed by atoms with E-state index in [2.05, 4.69) is 35.3 Å². The molecule has 6 nitrogen and oxygen atoms in total. The summed E-state index contributed by atoms with van der Waals surface area (Å²) in [5.41, 5.74) is 3.06. The number of nitrogens with zero attached hydrogens (tertiary/aromatic N) is 2. The van der Waals surface area contributed by atoms with Crippen LogP contribution in [-0.2, 0) is 9.59 Å². The summed E-state index contributed by atoms with van der Waals surface area (Å²) in [5, 5.41) is 2.78. The van der Waals surface area contributed by atoms with Gasteiger partial charge < -0.3 is 19.9 Å². The second-order valence-electron chi connectivity index (χ2n) is 7.62. The summed E-state index contributed by atoms with van der Waals surface area (Å²) in [7, 11) is 0. The number of hydrogen-bond acceptors (Lipinski definition) is 4. The van der Waals surface area contributed by atoms with E-state index < -0.39 is 0 Å². The number of benzene rings is 2. The van der Waals surface area contributed by atoms with Gasteiger partial charge in [0.2, 0.25) is 11.8 Å². The largest absolute Gasteiger partial charge is 0.491 e. The van der Waals surface area contributed by atoms with Gasteiger partial charge in [0.05, 0.1) is 6.10 Å². The van der Waals surface area contributed by atoms with Crippen molar-refractivity contribution in [2.24, 2.45) is 0 Å². The molecular formula is C23H29N3O3. The normalized spacial score (nSPS) is 14.1. The van der Waals surface area contributed by atoms with Gasteiger partial charge in [-0.15, -0.1) is 0 Å². The number of nitrogens with one attached hydrogen (secondary N) is 1. The zero-order valence-electron chi connectivity index (χ0n) is 17.4. The Bertz CT molecular complexity index is 841. The Hall–Kier alpha value is -3.02. The van der Waals surface area contributed by atoms with Crippen LogP contribution in [0, 0.1) is 6.92 Å². The molecule has 3 rings (SSSR count). The Morgan fingerprint density at radius 2 is 1.72 bits per heavy atom. The minimum Gasteiger partial charge on any atom is -0.491 e. The van der Waals surface area contributed by atoms with Crippen LogP contribution in [0.2, 0.25) is 0 Å². The van der Waals surface area contributed by atoms with Crippen molar-refractivity contribution >= 4 is 23.2 Å². The van der Waals surface area contributed by atoms with Crippen LogP contribution in [0.15, 0.2) is 48.5 Å². The molecule has 2 amide bonds. The predicted molar refractivity (Wildman–Crippen MR) is 115 cm³/mol. The molecule has 0 radical (unpaired) electrons. The maximum absolute atomic E-state index is 12.5. The van der Waals surface area contributed by atoms with Crippen molar-refractivity contribution in [2.75, 3.05) is 36.4 Å². The van der Waals surface area contributed by atoms with E-state index >= 15 is 0 Å². The number of rotatable bonds is 6. The first-order chi connectivity index (χ1) is 13.9. The molecule has 0 unspecified atom stereocenters. The van der Waals surface area contributed by atoms with E-state index in [-0.39, 0.29) is 24.3 Å². The van der Waals surface area contributed by atoms with Gasteiger partial charge in [-0.3, -0.25) is 9.59 Å². The fourth-order valence-electron chi connectivity index (χ4n) is 3.38. The van der Waals surface area contributed by atoms with Crippen molar-refractivity contribution in [3.8, 4) is 5.75 Å². The number of ether oxygens (including phenoxy) is 1.